The summed E-state index contributed by atoms with van der Waals surface area (Å²) in [6, 6.07) is 6.84. The minimum atomic E-state index is -0.517. The van der Waals surface area contributed by atoms with Crippen LogP contribution in [0.1, 0.15) is 45.1 Å². The van der Waals surface area contributed by atoms with Crippen LogP contribution in [0, 0.1) is 5.82 Å². The molecule has 21 heavy (non-hydrogen) atoms. The van der Waals surface area contributed by atoms with Gasteiger partial charge < -0.3 is 5.73 Å². The average Bonchev–Trinajstić information content (AvgIpc) is 2.47. The molecule has 2 atom stereocenters. The molecule has 1 aromatic carbocycles. The van der Waals surface area contributed by atoms with Gasteiger partial charge in [0.1, 0.15) is 5.82 Å². The number of hydrogen-bond donors (Lipinski definition) is 1. The van der Waals surface area contributed by atoms with E-state index in [1.165, 1.54) is 31.4 Å². The second kappa shape index (κ2) is 6.71. The Morgan fingerprint density at radius 3 is 2.38 bits per heavy atom. The largest absolute Gasteiger partial charge is 0.320 e. The lowest BCUT2D eigenvalue weighted by Gasteiger charge is -2.44. The van der Waals surface area contributed by atoms with Gasteiger partial charge in [0.25, 0.3) is 0 Å². The van der Waals surface area contributed by atoms with Crippen LogP contribution in [0.2, 0.25) is 0 Å². The molecule has 2 N–H and O–H groups in total. The number of rotatable bonds is 5. The summed E-state index contributed by atoms with van der Waals surface area (Å²) in [6.07, 6.45) is 4.49. The summed E-state index contributed by atoms with van der Waals surface area (Å²) < 4.78 is 13.2. The highest BCUT2D eigenvalue weighted by molar-refractivity contribution is 5.29. The van der Waals surface area contributed by atoms with Gasteiger partial charge in [0.2, 0.25) is 0 Å². The van der Waals surface area contributed by atoms with Crippen molar-refractivity contribution in [3.05, 3.63) is 47.8 Å². The lowest BCUT2D eigenvalue weighted by atomic mass is 9.78. The maximum atomic E-state index is 13.2. The molecule has 1 aromatic rings. The average molecular weight is 290 g/mol. The Morgan fingerprint density at radius 1 is 1.29 bits per heavy atom. The van der Waals surface area contributed by atoms with Crippen molar-refractivity contribution in [2.24, 2.45) is 5.73 Å². The second-order valence-corrected chi connectivity index (χ2v) is 6.45. The predicted molar refractivity (Wildman–Crippen MR) is 86.6 cm³/mol. The van der Waals surface area contributed by atoms with Crippen LogP contribution in [0.15, 0.2) is 36.4 Å². The minimum Gasteiger partial charge on any atom is -0.320 e. The van der Waals surface area contributed by atoms with Gasteiger partial charge in [0.05, 0.1) is 5.54 Å². The van der Waals surface area contributed by atoms with Crippen LogP contribution in [0.25, 0.3) is 0 Å². The summed E-state index contributed by atoms with van der Waals surface area (Å²) in [4.78, 5) is 2.47. The van der Waals surface area contributed by atoms with E-state index in [4.69, 9.17) is 5.73 Å². The zero-order chi connectivity index (χ0) is 15.5. The smallest absolute Gasteiger partial charge is 0.123 e. The number of benzene rings is 1. The summed E-state index contributed by atoms with van der Waals surface area (Å²) >= 11 is 0. The zero-order valence-corrected chi connectivity index (χ0v) is 13.2. The maximum Gasteiger partial charge on any atom is 0.123 e. The number of likely N-dealkylation sites (tertiary alicyclic amines) is 1. The third-order valence-electron chi connectivity index (χ3n) is 4.66. The van der Waals surface area contributed by atoms with Gasteiger partial charge in [-0.15, -0.1) is 6.58 Å². The van der Waals surface area contributed by atoms with E-state index in [9.17, 15) is 4.39 Å². The molecule has 1 fully saturated rings. The maximum absolute atomic E-state index is 13.2. The van der Waals surface area contributed by atoms with Gasteiger partial charge in [-0.1, -0.05) is 24.1 Å². The molecule has 0 aromatic heterocycles. The van der Waals surface area contributed by atoms with E-state index in [0.717, 1.165) is 30.6 Å². The Balaban J connectivity index is 2.30. The number of nitrogens with zero attached hydrogens (tertiary/aromatic N) is 1. The highest BCUT2D eigenvalue weighted by Crippen LogP contribution is 2.33. The van der Waals surface area contributed by atoms with Gasteiger partial charge in [-0.3, -0.25) is 4.90 Å². The molecule has 0 amide bonds. The van der Waals surface area contributed by atoms with E-state index < -0.39 is 5.54 Å². The molecule has 1 saturated heterocycles. The van der Waals surface area contributed by atoms with Gasteiger partial charge in [0, 0.05) is 6.04 Å². The Bertz CT molecular complexity index is 476. The SMILES string of the molecule is C=C(C)CC(N)(c1ccc(F)cc1)C(C)N1CCCCC1. The van der Waals surface area contributed by atoms with Crippen LogP contribution >= 0.6 is 0 Å². The molecule has 3 heteroatoms. The van der Waals surface area contributed by atoms with Gasteiger partial charge in [-0.05, 0) is 63.9 Å². The first kappa shape index (κ1) is 16.2. The van der Waals surface area contributed by atoms with E-state index in [1.807, 2.05) is 19.1 Å². The molecule has 0 saturated carbocycles. The van der Waals surface area contributed by atoms with Gasteiger partial charge in [-0.25, -0.2) is 4.39 Å². The van der Waals surface area contributed by atoms with Crippen LogP contribution in [0.5, 0.6) is 0 Å². The van der Waals surface area contributed by atoms with Crippen molar-refractivity contribution in [2.75, 3.05) is 13.1 Å². The molecule has 2 nitrogen and oxygen atoms in total. The normalized spacial score (nSPS) is 20.8. The van der Waals surface area contributed by atoms with Crippen molar-refractivity contribution in [3.63, 3.8) is 0 Å². The third kappa shape index (κ3) is 3.72. The predicted octanol–water partition coefficient (Wildman–Crippen LogP) is 3.82. The molecular weight excluding hydrogens is 263 g/mol. The van der Waals surface area contributed by atoms with Crippen molar-refractivity contribution >= 4 is 0 Å². The monoisotopic (exact) mass is 290 g/mol. The molecular formula is C18H27FN2. The summed E-state index contributed by atoms with van der Waals surface area (Å²) in [5.74, 6) is -0.220. The highest BCUT2D eigenvalue weighted by atomic mass is 19.1. The van der Waals surface area contributed by atoms with Crippen LogP contribution in [0.4, 0.5) is 4.39 Å². The Morgan fingerprint density at radius 2 is 1.86 bits per heavy atom. The van der Waals surface area contributed by atoms with Gasteiger partial charge in [0.15, 0.2) is 0 Å². The van der Waals surface area contributed by atoms with Crippen LogP contribution in [-0.2, 0) is 5.54 Å². The summed E-state index contributed by atoms with van der Waals surface area (Å²) in [5.41, 5.74) is 8.35. The lowest BCUT2D eigenvalue weighted by molar-refractivity contribution is 0.108. The van der Waals surface area contributed by atoms with E-state index in [-0.39, 0.29) is 11.9 Å². The molecule has 0 spiro atoms. The van der Waals surface area contributed by atoms with Gasteiger partial charge >= 0.3 is 0 Å². The van der Waals surface area contributed by atoms with Crippen molar-refractivity contribution in [2.45, 2.75) is 51.1 Å². The van der Waals surface area contributed by atoms with E-state index in [0.29, 0.717) is 0 Å². The van der Waals surface area contributed by atoms with Crippen molar-refractivity contribution in [1.82, 2.24) is 4.90 Å². The molecule has 1 aliphatic rings. The molecule has 0 radical (unpaired) electrons. The lowest BCUT2D eigenvalue weighted by Crippen LogP contribution is -2.56. The van der Waals surface area contributed by atoms with E-state index in [2.05, 4.69) is 18.4 Å². The first-order chi connectivity index (χ1) is 9.93. The topological polar surface area (TPSA) is 29.3 Å². The molecule has 0 aliphatic carbocycles. The number of halogens is 1. The molecule has 116 valence electrons. The molecule has 0 bridgehead atoms. The van der Waals surface area contributed by atoms with E-state index in [1.54, 1.807) is 0 Å². The standard InChI is InChI=1S/C18H27FN2/c1-14(2)13-18(20,16-7-9-17(19)10-8-16)15(3)21-11-5-4-6-12-21/h7-10,15H,1,4-6,11-13,20H2,2-3H3. The third-order valence-corrected chi connectivity index (χ3v) is 4.66. The quantitative estimate of drug-likeness (QED) is 0.835. The summed E-state index contributed by atoms with van der Waals surface area (Å²) in [6.45, 7) is 10.4. The fourth-order valence-electron chi connectivity index (χ4n) is 3.38. The fraction of sp³-hybridized carbons (Fsp3) is 0.556. The fourth-order valence-corrected chi connectivity index (χ4v) is 3.38. The summed E-state index contributed by atoms with van der Waals surface area (Å²) in [5, 5.41) is 0. The number of hydrogen-bond acceptors (Lipinski definition) is 2. The summed E-state index contributed by atoms with van der Waals surface area (Å²) in [7, 11) is 0. The number of piperidine rings is 1. The van der Waals surface area contributed by atoms with Crippen LogP contribution < -0.4 is 5.73 Å². The zero-order valence-electron chi connectivity index (χ0n) is 13.2. The Hall–Kier alpha value is -1.19. The number of nitrogens with two attached hydrogens (primary N) is 1. The molecule has 1 heterocycles. The van der Waals surface area contributed by atoms with Crippen molar-refractivity contribution in [3.8, 4) is 0 Å². The second-order valence-electron chi connectivity index (χ2n) is 6.45. The Labute approximate surface area is 127 Å². The highest BCUT2D eigenvalue weighted by Gasteiger charge is 2.37. The Kier molecular flexibility index (Phi) is 5.17. The first-order valence-corrected chi connectivity index (χ1v) is 7.87. The molecule has 2 unspecified atom stereocenters. The molecule has 2 rings (SSSR count). The van der Waals surface area contributed by atoms with Crippen LogP contribution in [-0.4, -0.2) is 24.0 Å². The first-order valence-electron chi connectivity index (χ1n) is 7.87. The van der Waals surface area contributed by atoms with Crippen molar-refractivity contribution < 1.29 is 4.39 Å². The van der Waals surface area contributed by atoms with Crippen molar-refractivity contribution in [1.29, 1.82) is 0 Å². The van der Waals surface area contributed by atoms with E-state index >= 15 is 0 Å². The minimum absolute atomic E-state index is 0.208. The van der Waals surface area contributed by atoms with Crippen LogP contribution in [0.3, 0.4) is 0 Å². The molecule has 1 aliphatic heterocycles. The van der Waals surface area contributed by atoms with Gasteiger partial charge in [-0.2, -0.15) is 0 Å².